The molecule has 1 heterocycles. The molecule has 116 valence electrons. The fourth-order valence-electron chi connectivity index (χ4n) is 2.27. The van der Waals surface area contributed by atoms with Crippen LogP contribution in [0.3, 0.4) is 0 Å². The van der Waals surface area contributed by atoms with Crippen molar-refractivity contribution >= 4 is 11.6 Å². The third-order valence-corrected chi connectivity index (χ3v) is 3.31. The molecular formula is C15H23N3O3. The monoisotopic (exact) mass is 293 g/mol. The second kappa shape index (κ2) is 7.97. The number of nitrogens with zero attached hydrogens (tertiary/aromatic N) is 1. The van der Waals surface area contributed by atoms with Gasteiger partial charge in [0, 0.05) is 25.3 Å². The highest BCUT2D eigenvalue weighted by atomic mass is 16.5. The molecule has 1 saturated heterocycles. The third kappa shape index (κ3) is 5.34. The molecule has 1 aromatic rings. The lowest BCUT2D eigenvalue weighted by atomic mass is 10.3. The molecule has 6 heteroatoms. The summed E-state index contributed by atoms with van der Waals surface area (Å²) in [5.41, 5.74) is 0.768. The highest BCUT2D eigenvalue weighted by Crippen LogP contribution is 2.14. The lowest BCUT2D eigenvalue weighted by molar-refractivity contribution is -0.117. The van der Waals surface area contributed by atoms with E-state index in [1.807, 2.05) is 36.2 Å². The van der Waals surface area contributed by atoms with Crippen LogP contribution in [0.15, 0.2) is 24.3 Å². The molecule has 0 aliphatic carbocycles. The second-order valence-electron chi connectivity index (χ2n) is 5.17. The van der Waals surface area contributed by atoms with E-state index in [1.165, 1.54) is 0 Å². The Hall–Kier alpha value is -1.63. The first-order valence-electron chi connectivity index (χ1n) is 7.12. The van der Waals surface area contributed by atoms with E-state index >= 15 is 0 Å². The number of benzene rings is 1. The van der Waals surface area contributed by atoms with Gasteiger partial charge in [0.15, 0.2) is 0 Å². The molecule has 2 rings (SSSR count). The summed E-state index contributed by atoms with van der Waals surface area (Å²) in [5, 5.41) is 6.15. The Morgan fingerprint density at radius 3 is 2.86 bits per heavy atom. The van der Waals surface area contributed by atoms with Gasteiger partial charge in [-0.15, -0.1) is 0 Å². The first kappa shape index (κ1) is 15.8. The summed E-state index contributed by atoms with van der Waals surface area (Å²) < 4.78 is 10.7. The Morgan fingerprint density at radius 2 is 2.24 bits per heavy atom. The number of rotatable bonds is 6. The second-order valence-corrected chi connectivity index (χ2v) is 5.17. The van der Waals surface area contributed by atoms with Gasteiger partial charge < -0.3 is 20.1 Å². The number of anilines is 1. The zero-order chi connectivity index (χ0) is 15.1. The standard InChI is InChI=1S/C15H23N3O3/c1-18(10-14-9-16-7-8-21-14)11-15(19)17-12-3-5-13(20-2)6-4-12/h3-6,14,16H,7-11H2,1-2H3,(H,17,19). The van der Waals surface area contributed by atoms with Crippen molar-refractivity contribution in [2.75, 3.05) is 52.3 Å². The van der Waals surface area contributed by atoms with Crippen LogP contribution in [0.5, 0.6) is 5.75 Å². The van der Waals surface area contributed by atoms with Crippen molar-refractivity contribution < 1.29 is 14.3 Å². The maximum Gasteiger partial charge on any atom is 0.238 e. The summed E-state index contributed by atoms with van der Waals surface area (Å²) in [4.78, 5) is 13.9. The molecular weight excluding hydrogens is 270 g/mol. The molecule has 1 atom stereocenters. The molecule has 1 aliphatic rings. The van der Waals surface area contributed by atoms with Gasteiger partial charge in [-0.1, -0.05) is 0 Å². The Kier molecular flexibility index (Phi) is 5.98. The number of carbonyl (C=O) groups is 1. The fraction of sp³-hybridized carbons (Fsp3) is 0.533. The minimum Gasteiger partial charge on any atom is -0.497 e. The van der Waals surface area contributed by atoms with Crippen LogP contribution in [-0.2, 0) is 9.53 Å². The summed E-state index contributed by atoms with van der Waals surface area (Å²) in [7, 11) is 3.54. The summed E-state index contributed by atoms with van der Waals surface area (Å²) in [6.07, 6.45) is 0.150. The van der Waals surface area contributed by atoms with Crippen LogP contribution >= 0.6 is 0 Å². The molecule has 1 aromatic carbocycles. The van der Waals surface area contributed by atoms with E-state index in [0.29, 0.717) is 6.54 Å². The number of carbonyl (C=O) groups excluding carboxylic acids is 1. The van der Waals surface area contributed by atoms with Crippen molar-refractivity contribution in [3.63, 3.8) is 0 Å². The van der Waals surface area contributed by atoms with Crippen LogP contribution in [-0.4, -0.2) is 63.9 Å². The molecule has 2 N–H and O–H groups in total. The Balaban J connectivity index is 1.74. The van der Waals surface area contributed by atoms with Gasteiger partial charge >= 0.3 is 0 Å². The Morgan fingerprint density at radius 1 is 1.48 bits per heavy atom. The van der Waals surface area contributed by atoms with Gasteiger partial charge in [0.05, 0.1) is 26.4 Å². The largest absolute Gasteiger partial charge is 0.497 e. The van der Waals surface area contributed by atoms with Crippen LogP contribution in [0.1, 0.15) is 0 Å². The van der Waals surface area contributed by atoms with Crippen LogP contribution in [0, 0.1) is 0 Å². The van der Waals surface area contributed by atoms with E-state index in [-0.39, 0.29) is 12.0 Å². The molecule has 0 aromatic heterocycles. The number of hydrogen-bond acceptors (Lipinski definition) is 5. The van der Waals surface area contributed by atoms with Gasteiger partial charge in [0.25, 0.3) is 0 Å². The van der Waals surface area contributed by atoms with E-state index in [4.69, 9.17) is 9.47 Å². The number of ether oxygens (including phenoxy) is 2. The van der Waals surface area contributed by atoms with Gasteiger partial charge in [-0.3, -0.25) is 9.69 Å². The molecule has 1 amide bonds. The number of morpholine rings is 1. The van der Waals surface area contributed by atoms with E-state index in [0.717, 1.165) is 37.7 Å². The average molecular weight is 293 g/mol. The molecule has 0 spiro atoms. The SMILES string of the molecule is COc1ccc(NC(=O)CN(C)CC2CNCCO2)cc1. The van der Waals surface area contributed by atoms with Gasteiger partial charge in [-0.2, -0.15) is 0 Å². The first-order valence-corrected chi connectivity index (χ1v) is 7.12. The van der Waals surface area contributed by atoms with E-state index in [2.05, 4.69) is 10.6 Å². The van der Waals surface area contributed by atoms with Gasteiger partial charge in [-0.25, -0.2) is 0 Å². The molecule has 1 aliphatic heterocycles. The normalized spacial score (nSPS) is 18.5. The summed E-state index contributed by atoms with van der Waals surface area (Å²) in [6, 6.07) is 7.29. The van der Waals surface area contributed by atoms with Crippen LogP contribution in [0.2, 0.25) is 0 Å². The van der Waals surface area contributed by atoms with Crippen LogP contribution in [0.25, 0.3) is 0 Å². The van der Waals surface area contributed by atoms with E-state index < -0.39 is 0 Å². The third-order valence-electron chi connectivity index (χ3n) is 3.31. The molecule has 0 bridgehead atoms. The maximum atomic E-state index is 12.0. The maximum absolute atomic E-state index is 12.0. The molecule has 1 unspecified atom stereocenters. The first-order chi connectivity index (χ1) is 10.2. The van der Waals surface area contributed by atoms with Gasteiger partial charge in [0.2, 0.25) is 5.91 Å². The van der Waals surface area contributed by atoms with Crippen molar-refractivity contribution in [2.45, 2.75) is 6.10 Å². The molecule has 1 fully saturated rings. The smallest absolute Gasteiger partial charge is 0.238 e. The van der Waals surface area contributed by atoms with Crippen molar-refractivity contribution in [1.82, 2.24) is 10.2 Å². The summed E-state index contributed by atoms with van der Waals surface area (Å²) in [6.45, 7) is 3.55. The zero-order valence-electron chi connectivity index (χ0n) is 12.6. The topological polar surface area (TPSA) is 62.8 Å². The number of nitrogens with one attached hydrogen (secondary N) is 2. The number of likely N-dealkylation sites (N-methyl/N-ethyl adjacent to an activating group) is 1. The summed E-state index contributed by atoms with van der Waals surface area (Å²) in [5.74, 6) is 0.735. The predicted octanol–water partition coefficient (Wildman–Crippen LogP) is 0.554. The average Bonchev–Trinajstić information content (AvgIpc) is 2.48. The molecule has 21 heavy (non-hydrogen) atoms. The van der Waals surface area contributed by atoms with Crippen molar-refractivity contribution in [3.05, 3.63) is 24.3 Å². The van der Waals surface area contributed by atoms with Crippen LogP contribution < -0.4 is 15.4 Å². The molecule has 0 radical (unpaired) electrons. The fourth-order valence-corrected chi connectivity index (χ4v) is 2.27. The Bertz CT molecular complexity index is 444. The highest BCUT2D eigenvalue weighted by Gasteiger charge is 2.16. The van der Waals surface area contributed by atoms with E-state index in [9.17, 15) is 4.79 Å². The Labute approximate surface area is 125 Å². The minimum absolute atomic E-state index is 0.0357. The van der Waals surface area contributed by atoms with Gasteiger partial charge in [-0.05, 0) is 31.3 Å². The zero-order valence-corrected chi connectivity index (χ0v) is 12.6. The lowest BCUT2D eigenvalue weighted by Gasteiger charge is -2.27. The number of amides is 1. The quantitative estimate of drug-likeness (QED) is 0.802. The molecule has 0 saturated carbocycles. The van der Waals surface area contributed by atoms with Crippen LogP contribution in [0.4, 0.5) is 5.69 Å². The van der Waals surface area contributed by atoms with Gasteiger partial charge in [0.1, 0.15) is 5.75 Å². The van der Waals surface area contributed by atoms with E-state index in [1.54, 1.807) is 7.11 Å². The minimum atomic E-state index is -0.0357. The highest BCUT2D eigenvalue weighted by molar-refractivity contribution is 5.92. The van der Waals surface area contributed by atoms with Crippen molar-refractivity contribution in [3.8, 4) is 5.75 Å². The summed E-state index contributed by atoms with van der Waals surface area (Å²) >= 11 is 0. The predicted molar refractivity (Wildman–Crippen MR) is 81.7 cm³/mol. The number of hydrogen-bond donors (Lipinski definition) is 2. The van der Waals surface area contributed by atoms with Crippen molar-refractivity contribution in [2.24, 2.45) is 0 Å². The molecule has 6 nitrogen and oxygen atoms in total. The number of methoxy groups -OCH3 is 1. The lowest BCUT2D eigenvalue weighted by Crippen LogP contribution is -2.45. The van der Waals surface area contributed by atoms with Crippen molar-refractivity contribution in [1.29, 1.82) is 0 Å².